The zero-order valence-electron chi connectivity index (χ0n) is 13.6. The molecule has 0 spiro atoms. The van der Waals surface area contributed by atoms with Crippen LogP contribution in [0, 0.1) is 11.8 Å². The normalized spacial score (nSPS) is 13.2. The molecule has 1 atom stereocenters. The highest BCUT2D eigenvalue weighted by molar-refractivity contribution is 4.52. The lowest BCUT2D eigenvalue weighted by atomic mass is 9.99. The van der Waals surface area contributed by atoms with Crippen LogP contribution >= 0.6 is 0 Å². The van der Waals surface area contributed by atoms with Gasteiger partial charge in [-0.2, -0.15) is 0 Å². The average Bonchev–Trinajstić information content (AvgIpc) is 2.35. The van der Waals surface area contributed by atoms with E-state index in [0.717, 1.165) is 11.8 Å². The molecule has 0 saturated heterocycles. The number of hydrogen-bond donors (Lipinski definition) is 0. The first kappa shape index (κ1) is 18.0. The van der Waals surface area contributed by atoms with E-state index < -0.39 is 0 Å². The van der Waals surface area contributed by atoms with Crippen molar-refractivity contribution in [3.8, 4) is 0 Å². The van der Waals surface area contributed by atoms with Crippen LogP contribution in [0.4, 0.5) is 0 Å². The van der Waals surface area contributed by atoms with E-state index in [1.54, 1.807) is 0 Å². The highest BCUT2D eigenvalue weighted by Gasteiger charge is 1.98. The van der Waals surface area contributed by atoms with Crippen LogP contribution < -0.4 is 0 Å². The number of unbranched alkanes of at least 4 members (excludes halogenated alkanes) is 8. The Kier molecular flexibility index (Phi) is 13.4. The second-order valence-corrected chi connectivity index (χ2v) is 6.67. The quantitative estimate of drug-likeness (QED) is 0.311. The first-order valence-corrected chi connectivity index (χ1v) is 8.66. The topological polar surface area (TPSA) is 0 Å². The molecule has 0 aromatic carbocycles. The van der Waals surface area contributed by atoms with Gasteiger partial charge in [0.1, 0.15) is 0 Å². The first-order chi connectivity index (χ1) is 8.66. The number of hydrogen-bond acceptors (Lipinski definition) is 0. The Morgan fingerprint density at radius 3 is 1.33 bits per heavy atom. The van der Waals surface area contributed by atoms with Crippen LogP contribution in [0.25, 0.3) is 0 Å². The Morgan fingerprint density at radius 2 is 0.944 bits per heavy atom. The van der Waals surface area contributed by atoms with Gasteiger partial charge in [0.2, 0.25) is 0 Å². The molecule has 0 aromatic rings. The molecule has 0 heterocycles. The molecule has 0 saturated carbocycles. The standard InChI is InChI=1S/C18H38/c1-5-18(4)16-14-12-10-8-6-7-9-11-13-15-17(2)3/h17-18H,5-16H2,1-4H3/t18-/m0/s1. The molecule has 0 N–H and O–H groups in total. The Balaban J connectivity index is 2.99. The molecule has 0 unspecified atom stereocenters. The smallest absolute Gasteiger partial charge is 0.0445 e. The molecule has 0 bridgehead atoms. The maximum Gasteiger partial charge on any atom is -0.0445 e. The summed E-state index contributed by atoms with van der Waals surface area (Å²) in [5.41, 5.74) is 0. The zero-order valence-corrected chi connectivity index (χ0v) is 13.6. The van der Waals surface area contributed by atoms with E-state index in [0.29, 0.717) is 0 Å². The molecule has 0 aliphatic heterocycles. The van der Waals surface area contributed by atoms with E-state index in [-0.39, 0.29) is 0 Å². The minimum Gasteiger partial charge on any atom is -0.0651 e. The Bertz CT molecular complexity index is 148. The highest BCUT2D eigenvalue weighted by atomic mass is 14.0. The van der Waals surface area contributed by atoms with Crippen molar-refractivity contribution in [1.29, 1.82) is 0 Å². The Labute approximate surface area is 117 Å². The fourth-order valence-corrected chi connectivity index (χ4v) is 2.49. The molecule has 0 aliphatic carbocycles. The molecule has 0 aromatic heterocycles. The van der Waals surface area contributed by atoms with Crippen molar-refractivity contribution in [3.63, 3.8) is 0 Å². The van der Waals surface area contributed by atoms with Gasteiger partial charge in [-0.05, 0) is 11.8 Å². The van der Waals surface area contributed by atoms with Crippen molar-refractivity contribution < 1.29 is 0 Å². The zero-order chi connectivity index (χ0) is 13.6. The third-order valence-electron chi connectivity index (χ3n) is 4.18. The van der Waals surface area contributed by atoms with Gasteiger partial charge in [0.25, 0.3) is 0 Å². The van der Waals surface area contributed by atoms with Gasteiger partial charge in [0.05, 0.1) is 0 Å². The number of rotatable bonds is 13. The third-order valence-corrected chi connectivity index (χ3v) is 4.18. The second kappa shape index (κ2) is 13.4. The second-order valence-electron chi connectivity index (χ2n) is 6.67. The fourth-order valence-electron chi connectivity index (χ4n) is 2.49. The van der Waals surface area contributed by atoms with Gasteiger partial charge in [-0.3, -0.25) is 0 Å². The van der Waals surface area contributed by atoms with Crippen molar-refractivity contribution >= 4 is 0 Å². The Hall–Kier alpha value is 0. The molecule has 0 amide bonds. The van der Waals surface area contributed by atoms with E-state index in [4.69, 9.17) is 0 Å². The summed E-state index contributed by atoms with van der Waals surface area (Å²) in [5, 5.41) is 0. The van der Waals surface area contributed by atoms with Gasteiger partial charge in [-0.25, -0.2) is 0 Å². The summed E-state index contributed by atoms with van der Waals surface area (Å²) in [6.45, 7) is 9.36. The van der Waals surface area contributed by atoms with E-state index in [1.165, 1.54) is 77.0 Å². The van der Waals surface area contributed by atoms with E-state index in [2.05, 4.69) is 27.7 Å². The van der Waals surface area contributed by atoms with Crippen molar-refractivity contribution in [2.75, 3.05) is 0 Å². The van der Waals surface area contributed by atoms with Crippen molar-refractivity contribution in [3.05, 3.63) is 0 Å². The SMILES string of the molecule is CC[C@H](C)CCCCCCCCCCCC(C)C. The molecule has 110 valence electrons. The van der Waals surface area contributed by atoms with Crippen molar-refractivity contribution in [2.45, 2.75) is 105 Å². The van der Waals surface area contributed by atoms with Crippen LogP contribution in [0.1, 0.15) is 105 Å². The minimum absolute atomic E-state index is 0.899. The van der Waals surface area contributed by atoms with Crippen molar-refractivity contribution in [2.24, 2.45) is 11.8 Å². The molecule has 0 nitrogen and oxygen atoms in total. The van der Waals surface area contributed by atoms with Gasteiger partial charge >= 0.3 is 0 Å². The van der Waals surface area contributed by atoms with Crippen molar-refractivity contribution in [1.82, 2.24) is 0 Å². The molecular formula is C18H38. The lowest BCUT2D eigenvalue weighted by molar-refractivity contribution is 0.467. The van der Waals surface area contributed by atoms with Gasteiger partial charge in [-0.1, -0.05) is 105 Å². The van der Waals surface area contributed by atoms with Crippen LogP contribution in [0.5, 0.6) is 0 Å². The first-order valence-electron chi connectivity index (χ1n) is 8.66. The molecule has 0 heteroatoms. The molecule has 0 fully saturated rings. The molecule has 0 radical (unpaired) electrons. The third kappa shape index (κ3) is 14.1. The summed E-state index contributed by atoms with van der Waals surface area (Å²) >= 11 is 0. The Morgan fingerprint density at radius 1 is 0.556 bits per heavy atom. The van der Waals surface area contributed by atoms with Gasteiger partial charge in [-0.15, -0.1) is 0 Å². The van der Waals surface area contributed by atoms with Crippen LogP contribution in [-0.4, -0.2) is 0 Å². The van der Waals surface area contributed by atoms with Crippen LogP contribution in [0.2, 0.25) is 0 Å². The van der Waals surface area contributed by atoms with Gasteiger partial charge in [0.15, 0.2) is 0 Å². The summed E-state index contributed by atoms with van der Waals surface area (Å²) in [7, 11) is 0. The largest absolute Gasteiger partial charge is 0.0651 e. The fraction of sp³-hybridized carbons (Fsp3) is 1.00. The van der Waals surface area contributed by atoms with E-state index >= 15 is 0 Å². The van der Waals surface area contributed by atoms with Gasteiger partial charge < -0.3 is 0 Å². The maximum absolute atomic E-state index is 2.39. The predicted octanol–water partition coefficient (Wildman–Crippen LogP) is 6.98. The van der Waals surface area contributed by atoms with E-state index in [9.17, 15) is 0 Å². The molecule has 18 heavy (non-hydrogen) atoms. The molecular weight excluding hydrogens is 216 g/mol. The van der Waals surface area contributed by atoms with Crippen LogP contribution in [-0.2, 0) is 0 Å². The average molecular weight is 255 g/mol. The summed E-state index contributed by atoms with van der Waals surface area (Å²) in [4.78, 5) is 0. The summed E-state index contributed by atoms with van der Waals surface area (Å²) < 4.78 is 0. The van der Waals surface area contributed by atoms with Gasteiger partial charge in [0, 0.05) is 0 Å². The summed E-state index contributed by atoms with van der Waals surface area (Å²) in [6, 6.07) is 0. The predicted molar refractivity (Wildman–Crippen MR) is 85.1 cm³/mol. The van der Waals surface area contributed by atoms with E-state index in [1.807, 2.05) is 0 Å². The van der Waals surface area contributed by atoms with Crippen LogP contribution in [0.15, 0.2) is 0 Å². The lowest BCUT2D eigenvalue weighted by Crippen LogP contribution is -1.91. The van der Waals surface area contributed by atoms with Crippen LogP contribution in [0.3, 0.4) is 0 Å². The monoisotopic (exact) mass is 254 g/mol. The summed E-state index contributed by atoms with van der Waals surface area (Å²) in [6.07, 6.45) is 17.5. The summed E-state index contributed by atoms with van der Waals surface area (Å²) in [5.74, 6) is 1.85. The molecule has 0 rings (SSSR count). The minimum atomic E-state index is 0.899. The molecule has 0 aliphatic rings. The highest BCUT2D eigenvalue weighted by Crippen LogP contribution is 2.15. The maximum atomic E-state index is 2.39. The lowest BCUT2D eigenvalue weighted by Gasteiger charge is -2.07.